The van der Waals surface area contributed by atoms with E-state index in [0.29, 0.717) is 28.7 Å². The summed E-state index contributed by atoms with van der Waals surface area (Å²) in [5, 5.41) is 11.3. The summed E-state index contributed by atoms with van der Waals surface area (Å²) in [6.45, 7) is 2.34. The Hall–Kier alpha value is -1.12. The van der Waals surface area contributed by atoms with Crippen molar-refractivity contribution in [3.63, 3.8) is 0 Å². The quantitative estimate of drug-likeness (QED) is 0.667. The molecule has 0 spiro atoms. The van der Waals surface area contributed by atoms with Crippen LogP contribution in [0.25, 0.3) is 0 Å². The monoisotopic (exact) mass is 371 g/mol. The van der Waals surface area contributed by atoms with Crippen LogP contribution in [0.1, 0.15) is 35.7 Å². The topological polar surface area (TPSA) is 94.2 Å². The van der Waals surface area contributed by atoms with Gasteiger partial charge in [-0.1, -0.05) is 0 Å². The Morgan fingerprint density at radius 3 is 3.00 bits per heavy atom. The second-order valence-electron chi connectivity index (χ2n) is 6.10. The maximum Gasteiger partial charge on any atom is 0.255 e. The molecule has 1 saturated carbocycles. The van der Waals surface area contributed by atoms with Crippen molar-refractivity contribution in [3.8, 4) is 0 Å². The first-order valence-corrected chi connectivity index (χ1v) is 8.43. The molecule has 22 heavy (non-hydrogen) atoms. The third kappa shape index (κ3) is 3.28. The SMILES string of the molecule is COC[C@H]1C[C@H](n2nc(Br)c(C(N)=O)c2NCC2CC2)CN1. The van der Waals surface area contributed by atoms with Gasteiger partial charge in [0.1, 0.15) is 16.0 Å². The average Bonchev–Trinajstić information content (AvgIpc) is 3.08. The number of ether oxygens (including phenoxy) is 1. The van der Waals surface area contributed by atoms with E-state index in [9.17, 15) is 4.79 Å². The van der Waals surface area contributed by atoms with E-state index in [4.69, 9.17) is 10.5 Å². The molecule has 1 aromatic rings. The van der Waals surface area contributed by atoms with Gasteiger partial charge in [-0.05, 0) is 41.1 Å². The number of halogens is 1. The number of anilines is 1. The fourth-order valence-electron chi connectivity index (χ4n) is 2.93. The van der Waals surface area contributed by atoms with Crippen molar-refractivity contribution >= 4 is 27.7 Å². The van der Waals surface area contributed by atoms with Crippen LogP contribution in [0.4, 0.5) is 5.82 Å². The summed E-state index contributed by atoms with van der Waals surface area (Å²) in [4.78, 5) is 11.8. The van der Waals surface area contributed by atoms with Crippen LogP contribution in [0.15, 0.2) is 4.60 Å². The first kappa shape index (κ1) is 15.8. The minimum Gasteiger partial charge on any atom is -0.383 e. The lowest BCUT2D eigenvalue weighted by Crippen LogP contribution is -2.25. The van der Waals surface area contributed by atoms with Gasteiger partial charge in [-0.25, -0.2) is 4.68 Å². The third-order valence-electron chi connectivity index (χ3n) is 4.28. The van der Waals surface area contributed by atoms with Crippen molar-refractivity contribution in [1.82, 2.24) is 15.1 Å². The van der Waals surface area contributed by atoms with Crippen LogP contribution < -0.4 is 16.4 Å². The molecule has 4 N–H and O–H groups in total. The first-order chi connectivity index (χ1) is 10.6. The summed E-state index contributed by atoms with van der Waals surface area (Å²) in [5.41, 5.74) is 5.97. The molecule has 1 saturated heterocycles. The minimum atomic E-state index is -0.462. The summed E-state index contributed by atoms with van der Waals surface area (Å²) in [6, 6.07) is 0.498. The Morgan fingerprint density at radius 1 is 1.59 bits per heavy atom. The van der Waals surface area contributed by atoms with Gasteiger partial charge in [-0.15, -0.1) is 0 Å². The molecule has 2 fully saturated rings. The predicted molar refractivity (Wildman–Crippen MR) is 87.0 cm³/mol. The molecule has 8 heteroatoms. The Bertz CT molecular complexity index is 558. The van der Waals surface area contributed by atoms with Gasteiger partial charge in [0.25, 0.3) is 5.91 Å². The number of methoxy groups -OCH3 is 1. The molecule has 2 atom stereocenters. The van der Waals surface area contributed by atoms with E-state index >= 15 is 0 Å². The number of nitrogens with one attached hydrogen (secondary N) is 2. The Balaban J connectivity index is 1.82. The van der Waals surface area contributed by atoms with Gasteiger partial charge in [-0.3, -0.25) is 4.79 Å². The van der Waals surface area contributed by atoms with Crippen LogP contribution in [-0.2, 0) is 4.74 Å². The number of amides is 1. The molecule has 1 aromatic heterocycles. The molecule has 1 aliphatic heterocycles. The van der Waals surface area contributed by atoms with E-state index in [-0.39, 0.29) is 6.04 Å². The molecule has 2 heterocycles. The third-order valence-corrected chi connectivity index (χ3v) is 4.84. The summed E-state index contributed by atoms with van der Waals surface area (Å²) in [6.07, 6.45) is 3.41. The first-order valence-electron chi connectivity index (χ1n) is 7.64. The van der Waals surface area contributed by atoms with Crippen LogP contribution in [-0.4, -0.2) is 48.5 Å². The number of primary amides is 1. The van der Waals surface area contributed by atoms with E-state index in [0.717, 1.165) is 25.3 Å². The lowest BCUT2D eigenvalue weighted by Gasteiger charge is -2.16. The van der Waals surface area contributed by atoms with Crippen LogP contribution >= 0.6 is 15.9 Å². The zero-order valence-corrected chi connectivity index (χ0v) is 14.2. The number of hydrogen-bond donors (Lipinski definition) is 3. The van der Waals surface area contributed by atoms with Crippen molar-refractivity contribution in [1.29, 1.82) is 0 Å². The van der Waals surface area contributed by atoms with Gasteiger partial charge in [0.2, 0.25) is 0 Å². The van der Waals surface area contributed by atoms with E-state index in [1.165, 1.54) is 12.8 Å². The zero-order valence-electron chi connectivity index (χ0n) is 12.6. The molecular formula is C14H22BrN5O2. The van der Waals surface area contributed by atoms with Crippen LogP contribution in [0.3, 0.4) is 0 Å². The Morgan fingerprint density at radius 2 is 2.36 bits per heavy atom. The maximum atomic E-state index is 11.8. The van der Waals surface area contributed by atoms with Crippen molar-refractivity contribution in [2.24, 2.45) is 11.7 Å². The van der Waals surface area contributed by atoms with Crippen molar-refractivity contribution < 1.29 is 9.53 Å². The minimum absolute atomic E-state index is 0.186. The standard InChI is InChI=1S/C14H22BrN5O2/c1-22-7-9-4-10(6-17-9)20-14(18-5-8-2-3-8)11(13(16)21)12(15)19-20/h8-10,17-18H,2-7H2,1H3,(H2,16,21)/t9-,10+/m1/s1. The lowest BCUT2D eigenvalue weighted by molar-refractivity contribution is 0.1000. The number of hydrogen-bond acceptors (Lipinski definition) is 5. The smallest absolute Gasteiger partial charge is 0.255 e. The van der Waals surface area contributed by atoms with Crippen molar-refractivity contribution in [2.75, 3.05) is 32.1 Å². The molecular weight excluding hydrogens is 350 g/mol. The highest BCUT2D eigenvalue weighted by molar-refractivity contribution is 9.10. The second kappa shape index (κ2) is 6.55. The number of nitrogens with zero attached hydrogens (tertiary/aromatic N) is 2. The highest BCUT2D eigenvalue weighted by Crippen LogP contribution is 2.33. The Labute approximate surface area is 138 Å². The highest BCUT2D eigenvalue weighted by atomic mass is 79.9. The van der Waals surface area contributed by atoms with Gasteiger partial charge < -0.3 is 21.1 Å². The van der Waals surface area contributed by atoms with E-state index < -0.39 is 5.91 Å². The molecule has 3 rings (SSSR count). The lowest BCUT2D eigenvalue weighted by atomic mass is 10.2. The van der Waals surface area contributed by atoms with Crippen molar-refractivity contribution in [2.45, 2.75) is 31.3 Å². The fraction of sp³-hybridized carbons (Fsp3) is 0.714. The number of rotatable bonds is 7. The number of carbonyl (C=O) groups excluding carboxylic acids is 1. The molecule has 0 bridgehead atoms. The predicted octanol–water partition coefficient (Wildman–Crippen LogP) is 1.12. The van der Waals surface area contributed by atoms with E-state index in [1.807, 2.05) is 4.68 Å². The van der Waals surface area contributed by atoms with Crippen molar-refractivity contribution in [3.05, 3.63) is 10.2 Å². The van der Waals surface area contributed by atoms with Crippen LogP contribution in [0.5, 0.6) is 0 Å². The van der Waals surface area contributed by atoms with Gasteiger partial charge in [0.05, 0.1) is 12.6 Å². The molecule has 0 aromatic carbocycles. The molecule has 1 amide bonds. The molecule has 0 unspecified atom stereocenters. The molecule has 0 radical (unpaired) electrons. The molecule has 122 valence electrons. The normalized spacial score (nSPS) is 24.6. The summed E-state index contributed by atoms with van der Waals surface area (Å²) in [5.74, 6) is 0.970. The Kier molecular flexibility index (Phi) is 4.70. The fourth-order valence-corrected chi connectivity index (χ4v) is 3.49. The van der Waals surface area contributed by atoms with Crippen LogP contribution in [0.2, 0.25) is 0 Å². The van der Waals surface area contributed by atoms with E-state index in [2.05, 4.69) is 31.7 Å². The van der Waals surface area contributed by atoms with Gasteiger partial charge in [0.15, 0.2) is 0 Å². The van der Waals surface area contributed by atoms with E-state index in [1.54, 1.807) is 7.11 Å². The average molecular weight is 372 g/mol. The van der Waals surface area contributed by atoms with Crippen LogP contribution in [0, 0.1) is 5.92 Å². The molecule has 2 aliphatic rings. The summed E-state index contributed by atoms with van der Waals surface area (Å²) < 4.78 is 7.61. The second-order valence-corrected chi connectivity index (χ2v) is 6.85. The maximum absolute atomic E-state index is 11.8. The number of carbonyl (C=O) groups is 1. The summed E-state index contributed by atoms with van der Waals surface area (Å²) >= 11 is 3.37. The zero-order chi connectivity index (χ0) is 15.7. The number of nitrogens with two attached hydrogens (primary N) is 1. The van der Waals surface area contributed by atoms with Gasteiger partial charge >= 0.3 is 0 Å². The highest BCUT2D eigenvalue weighted by Gasteiger charge is 2.31. The largest absolute Gasteiger partial charge is 0.383 e. The van der Waals surface area contributed by atoms with Gasteiger partial charge in [0, 0.05) is 26.2 Å². The van der Waals surface area contributed by atoms with Gasteiger partial charge in [-0.2, -0.15) is 5.10 Å². The summed E-state index contributed by atoms with van der Waals surface area (Å²) in [7, 11) is 1.70. The molecule has 1 aliphatic carbocycles. The number of aromatic nitrogens is 2. The molecule has 7 nitrogen and oxygen atoms in total.